The highest BCUT2D eigenvalue weighted by molar-refractivity contribution is 5.87. The van der Waals surface area contributed by atoms with Gasteiger partial charge in [0, 0.05) is 37.9 Å². The lowest BCUT2D eigenvalue weighted by Gasteiger charge is -2.32. The van der Waals surface area contributed by atoms with E-state index in [1.54, 1.807) is 6.08 Å². The third-order valence-electron chi connectivity index (χ3n) is 3.55. The Morgan fingerprint density at radius 3 is 3.09 bits per heavy atom. The highest BCUT2D eigenvalue weighted by atomic mass is 16.5. The van der Waals surface area contributed by atoms with Crippen molar-refractivity contribution < 1.29 is 9.53 Å². The van der Waals surface area contributed by atoms with Crippen LogP contribution in [0.3, 0.4) is 0 Å². The molecule has 1 aliphatic rings. The SMILES string of the molecule is CC(C)=CC(=O)NCCC1CN(Cc2cc(C)[nH]n2)CCO1. The lowest BCUT2D eigenvalue weighted by atomic mass is 10.2. The molecule has 22 heavy (non-hydrogen) atoms. The molecule has 1 unspecified atom stereocenters. The van der Waals surface area contributed by atoms with Crippen LogP contribution in [0.25, 0.3) is 0 Å². The largest absolute Gasteiger partial charge is 0.375 e. The van der Waals surface area contributed by atoms with Gasteiger partial charge in [0.2, 0.25) is 5.91 Å². The van der Waals surface area contributed by atoms with Crippen LogP contribution in [0.15, 0.2) is 17.7 Å². The molecule has 0 saturated carbocycles. The highest BCUT2D eigenvalue weighted by Crippen LogP contribution is 2.11. The Labute approximate surface area is 131 Å². The van der Waals surface area contributed by atoms with Crippen molar-refractivity contribution >= 4 is 5.91 Å². The van der Waals surface area contributed by atoms with E-state index in [9.17, 15) is 4.79 Å². The predicted octanol–water partition coefficient (Wildman–Crippen LogP) is 1.39. The van der Waals surface area contributed by atoms with Crippen LogP contribution in [0.2, 0.25) is 0 Å². The minimum Gasteiger partial charge on any atom is -0.375 e. The highest BCUT2D eigenvalue weighted by Gasteiger charge is 2.20. The summed E-state index contributed by atoms with van der Waals surface area (Å²) in [6.45, 7) is 9.86. The molecule has 0 bridgehead atoms. The Hall–Kier alpha value is -1.66. The maximum atomic E-state index is 11.6. The average molecular weight is 306 g/mol. The molecule has 0 spiro atoms. The van der Waals surface area contributed by atoms with Crippen LogP contribution < -0.4 is 5.32 Å². The Balaban J connectivity index is 1.71. The smallest absolute Gasteiger partial charge is 0.243 e. The fourth-order valence-corrected chi connectivity index (χ4v) is 2.55. The van der Waals surface area contributed by atoms with Gasteiger partial charge in [0.15, 0.2) is 0 Å². The summed E-state index contributed by atoms with van der Waals surface area (Å²) in [5, 5.41) is 10.1. The van der Waals surface area contributed by atoms with Gasteiger partial charge in [-0.05, 0) is 33.3 Å². The Morgan fingerprint density at radius 1 is 1.59 bits per heavy atom. The van der Waals surface area contributed by atoms with Crippen LogP contribution >= 0.6 is 0 Å². The molecule has 0 radical (unpaired) electrons. The molecular weight excluding hydrogens is 280 g/mol. The molecule has 122 valence electrons. The standard InChI is InChI=1S/C16H26N4O2/c1-12(2)8-16(21)17-5-4-15-11-20(6-7-22-15)10-14-9-13(3)18-19-14/h8-9,15H,4-7,10-11H2,1-3H3,(H,17,21)(H,18,19). The van der Waals surface area contributed by atoms with Gasteiger partial charge in [-0.2, -0.15) is 5.10 Å². The topological polar surface area (TPSA) is 70.2 Å². The third-order valence-corrected chi connectivity index (χ3v) is 3.55. The number of ether oxygens (including phenoxy) is 1. The number of hydrogen-bond acceptors (Lipinski definition) is 4. The molecule has 2 N–H and O–H groups in total. The zero-order chi connectivity index (χ0) is 15.9. The van der Waals surface area contributed by atoms with E-state index >= 15 is 0 Å². The summed E-state index contributed by atoms with van der Waals surface area (Å²) in [7, 11) is 0. The van der Waals surface area contributed by atoms with Crippen molar-refractivity contribution in [3.05, 3.63) is 29.1 Å². The second-order valence-corrected chi connectivity index (χ2v) is 6.07. The van der Waals surface area contributed by atoms with Gasteiger partial charge in [-0.25, -0.2) is 0 Å². The van der Waals surface area contributed by atoms with Crippen LogP contribution in [0, 0.1) is 6.92 Å². The summed E-state index contributed by atoms with van der Waals surface area (Å²) in [6, 6.07) is 2.07. The van der Waals surface area contributed by atoms with Crippen molar-refractivity contribution in [2.45, 2.75) is 39.8 Å². The molecule has 1 saturated heterocycles. The summed E-state index contributed by atoms with van der Waals surface area (Å²) in [5.74, 6) is -0.0281. The second-order valence-electron chi connectivity index (χ2n) is 6.07. The molecule has 1 amide bonds. The number of aryl methyl sites for hydroxylation is 1. The number of amides is 1. The van der Waals surface area contributed by atoms with E-state index in [1.807, 2.05) is 20.8 Å². The van der Waals surface area contributed by atoms with E-state index < -0.39 is 0 Å². The molecule has 2 heterocycles. The van der Waals surface area contributed by atoms with E-state index in [0.29, 0.717) is 6.54 Å². The molecule has 1 fully saturated rings. The first kappa shape index (κ1) is 16.7. The number of aromatic amines is 1. The molecule has 0 aliphatic carbocycles. The average Bonchev–Trinajstić information content (AvgIpc) is 2.83. The number of allylic oxidation sites excluding steroid dienone is 1. The molecule has 6 nitrogen and oxygen atoms in total. The maximum absolute atomic E-state index is 11.6. The lowest BCUT2D eigenvalue weighted by Crippen LogP contribution is -2.43. The van der Waals surface area contributed by atoms with Gasteiger partial charge in [0.1, 0.15) is 0 Å². The summed E-state index contributed by atoms with van der Waals surface area (Å²) in [5.41, 5.74) is 3.16. The number of rotatable bonds is 6. The van der Waals surface area contributed by atoms with Crippen molar-refractivity contribution in [2.24, 2.45) is 0 Å². The fraction of sp³-hybridized carbons (Fsp3) is 0.625. The minimum absolute atomic E-state index is 0.0281. The monoisotopic (exact) mass is 306 g/mol. The quantitative estimate of drug-likeness (QED) is 0.779. The Kier molecular flexibility index (Phi) is 6.15. The van der Waals surface area contributed by atoms with Gasteiger partial charge in [0.25, 0.3) is 0 Å². The van der Waals surface area contributed by atoms with Gasteiger partial charge >= 0.3 is 0 Å². The first-order valence-corrected chi connectivity index (χ1v) is 7.80. The van der Waals surface area contributed by atoms with Gasteiger partial charge in [-0.15, -0.1) is 0 Å². The molecular formula is C16H26N4O2. The van der Waals surface area contributed by atoms with E-state index in [-0.39, 0.29) is 12.0 Å². The summed E-state index contributed by atoms with van der Waals surface area (Å²) < 4.78 is 5.78. The number of nitrogens with zero attached hydrogens (tertiary/aromatic N) is 2. The van der Waals surface area contributed by atoms with Crippen molar-refractivity contribution in [2.75, 3.05) is 26.2 Å². The summed E-state index contributed by atoms with van der Waals surface area (Å²) >= 11 is 0. The van der Waals surface area contributed by atoms with E-state index in [0.717, 1.165) is 49.6 Å². The first-order valence-electron chi connectivity index (χ1n) is 7.80. The normalized spacial score (nSPS) is 19.0. The van der Waals surface area contributed by atoms with Crippen molar-refractivity contribution in [3.8, 4) is 0 Å². The number of carbonyl (C=O) groups excluding carboxylic acids is 1. The van der Waals surface area contributed by atoms with Crippen molar-refractivity contribution in [1.29, 1.82) is 0 Å². The first-order chi connectivity index (χ1) is 10.5. The molecule has 1 aromatic rings. The Bertz CT molecular complexity index is 520. The summed E-state index contributed by atoms with van der Waals surface area (Å²) in [4.78, 5) is 13.9. The van der Waals surface area contributed by atoms with Crippen LogP contribution in [-0.4, -0.2) is 53.3 Å². The molecule has 1 aromatic heterocycles. The van der Waals surface area contributed by atoms with Crippen LogP contribution in [-0.2, 0) is 16.1 Å². The number of aromatic nitrogens is 2. The van der Waals surface area contributed by atoms with Crippen LogP contribution in [0.5, 0.6) is 0 Å². The minimum atomic E-state index is -0.0281. The van der Waals surface area contributed by atoms with Gasteiger partial charge in [-0.1, -0.05) is 5.57 Å². The summed E-state index contributed by atoms with van der Waals surface area (Å²) in [6.07, 6.45) is 2.62. The van der Waals surface area contributed by atoms with Gasteiger partial charge in [0.05, 0.1) is 18.4 Å². The Morgan fingerprint density at radius 2 is 2.41 bits per heavy atom. The maximum Gasteiger partial charge on any atom is 0.243 e. The number of hydrogen-bond donors (Lipinski definition) is 2. The molecule has 1 atom stereocenters. The van der Waals surface area contributed by atoms with E-state index in [1.165, 1.54) is 0 Å². The van der Waals surface area contributed by atoms with Crippen LogP contribution in [0.1, 0.15) is 31.7 Å². The lowest BCUT2D eigenvalue weighted by molar-refractivity contribution is -0.116. The number of H-pyrrole nitrogens is 1. The zero-order valence-electron chi connectivity index (χ0n) is 13.7. The van der Waals surface area contributed by atoms with Crippen molar-refractivity contribution in [1.82, 2.24) is 20.4 Å². The third kappa shape index (κ3) is 5.61. The molecule has 6 heteroatoms. The number of morpholine rings is 1. The number of nitrogens with one attached hydrogen (secondary N) is 2. The van der Waals surface area contributed by atoms with E-state index in [2.05, 4.69) is 26.5 Å². The molecule has 2 rings (SSSR count). The van der Waals surface area contributed by atoms with Crippen LogP contribution in [0.4, 0.5) is 0 Å². The number of carbonyl (C=O) groups is 1. The second kappa shape index (κ2) is 8.10. The van der Waals surface area contributed by atoms with Crippen molar-refractivity contribution in [3.63, 3.8) is 0 Å². The fourth-order valence-electron chi connectivity index (χ4n) is 2.55. The molecule has 1 aliphatic heterocycles. The zero-order valence-corrected chi connectivity index (χ0v) is 13.7. The van der Waals surface area contributed by atoms with Gasteiger partial charge < -0.3 is 10.1 Å². The van der Waals surface area contributed by atoms with Gasteiger partial charge in [-0.3, -0.25) is 14.8 Å². The predicted molar refractivity (Wildman–Crippen MR) is 85.4 cm³/mol. The molecule has 0 aromatic carbocycles. The van der Waals surface area contributed by atoms with E-state index in [4.69, 9.17) is 4.74 Å².